The Morgan fingerprint density at radius 2 is 1.93 bits per heavy atom. The molecule has 0 amide bonds. The van der Waals surface area contributed by atoms with Crippen LogP contribution in [0.4, 0.5) is 0 Å². The maximum atomic E-state index is 10.8. The van der Waals surface area contributed by atoms with E-state index in [1.807, 2.05) is 12.1 Å². The van der Waals surface area contributed by atoms with Gasteiger partial charge >= 0.3 is 0 Å². The lowest BCUT2D eigenvalue weighted by atomic mass is 9.66. The maximum absolute atomic E-state index is 10.8. The molecule has 4 atom stereocenters. The molecule has 1 aliphatic carbocycles. The summed E-state index contributed by atoms with van der Waals surface area (Å²) in [6.07, 6.45) is 5.14. The highest BCUT2D eigenvalue weighted by atomic mass is 16.5. The molecule has 0 bridgehead atoms. The van der Waals surface area contributed by atoms with Crippen molar-refractivity contribution in [1.29, 1.82) is 0 Å². The highest BCUT2D eigenvalue weighted by Gasteiger charge is 2.47. The fourth-order valence-electron chi connectivity index (χ4n) is 5.30. The van der Waals surface area contributed by atoms with Crippen LogP contribution < -0.4 is 9.47 Å². The summed E-state index contributed by atoms with van der Waals surface area (Å²) in [6, 6.07) is 14.1. The molecule has 4 rings (SSSR count). The third kappa shape index (κ3) is 4.44. The topological polar surface area (TPSA) is 58.9 Å². The first-order chi connectivity index (χ1) is 14.3. The highest BCUT2D eigenvalue weighted by Crippen LogP contribution is 2.55. The van der Waals surface area contributed by atoms with Gasteiger partial charge in [0.15, 0.2) is 0 Å². The lowest BCUT2D eigenvalue weighted by Crippen LogP contribution is -2.47. The number of phenolic OH excluding ortho intramolecular Hbond substituents is 1. The van der Waals surface area contributed by atoms with Gasteiger partial charge in [-0.25, -0.2) is 0 Å². The van der Waals surface area contributed by atoms with Crippen LogP contribution in [0.2, 0.25) is 0 Å². The van der Waals surface area contributed by atoms with E-state index in [4.69, 9.17) is 9.47 Å². The Bertz CT molecular complexity index is 861. The van der Waals surface area contributed by atoms with Gasteiger partial charge in [0, 0.05) is 29.5 Å². The van der Waals surface area contributed by atoms with Crippen LogP contribution in [-0.2, 0) is 6.42 Å². The summed E-state index contributed by atoms with van der Waals surface area (Å²) in [5, 5.41) is 21.1. The zero-order chi connectivity index (χ0) is 21.3. The van der Waals surface area contributed by atoms with E-state index in [1.54, 1.807) is 6.07 Å². The molecule has 2 aliphatic rings. The van der Waals surface area contributed by atoms with Gasteiger partial charge in [-0.3, -0.25) is 0 Å². The van der Waals surface area contributed by atoms with E-state index >= 15 is 0 Å². The van der Waals surface area contributed by atoms with Gasteiger partial charge in [0.05, 0.1) is 12.2 Å². The average Bonchev–Trinajstić information content (AvgIpc) is 2.67. The Kier molecular flexibility index (Phi) is 5.97. The first kappa shape index (κ1) is 21.0. The minimum absolute atomic E-state index is 0.0482. The SMILES string of the molecule is C[C@H](CCCc1ccccc1)Oc1cc(O)c2c(c1)OC(C)(C)[C@@H]1CC[C@@H](O)C[C@@H]21. The molecule has 1 saturated carbocycles. The Hall–Kier alpha value is -2.20. The second-order valence-corrected chi connectivity index (χ2v) is 9.55. The third-order valence-electron chi connectivity index (χ3n) is 6.81. The monoisotopic (exact) mass is 410 g/mol. The molecule has 1 heterocycles. The maximum Gasteiger partial charge on any atom is 0.131 e. The summed E-state index contributed by atoms with van der Waals surface area (Å²) in [7, 11) is 0. The molecule has 1 fully saturated rings. The second kappa shape index (κ2) is 8.50. The van der Waals surface area contributed by atoms with E-state index in [0.717, 1.165) is 37.7 Å². The minimum Gasteiger partial charge on any atom is -0.507 e. The summed E-state index contributed by atoms with van der Waals surface area (Å²) in [5.74, 6) is 1.97. The summed E-state index contributed by atoms with van der Waals surface area (Å²) < 4.78 is 12.5. The first-order valence-electron chi connectivity index (χ1n) is 11.3. The zero-order valence-electron chi connectivity index (χ0n) is 18.3. The van der Waals surface area contributed by atoms with Gasteiger partial charge in [-0.1, -0.05) is 30.3 Å². The summed E-state index contributed by atoms with van der Waals surface area (Å²) in [5.41, 5.74) is 1.85. The number of phenols is 1. The van der Waals surface area contributed by atoms with Crippen molar-refractivity contribution in [2.45, 2.75) is 83.0 Å². The van der Waals surface area contributed by atoms with Crippen molar-refractivity contribution in [1.82, 2.24) is 0 Å². The van der Waals surface area contributed by atoms with Crippen molar-refractivity contribution in [2.75, 3.05) is 0 Å². The number of aromatic hydroxyl groups is 1. The third-order valence-corrected chi connectivity index (χ3v) is 6.81. The summed E-state index contributed by atoms with van der Waals surface area (Å²) >= 11 is 0. The molecule has 30 heavy (non-hydrogen) atoms. The van der Waals surface area contributed by atoms with Crippen LogP contribution in [0.3, 0.4) is 0 Å². The lowest BCUT2D eigenvalue weighted by molar-refractivity contribution is -0.0318. The molecule has 0 radical (unpaired) electrons. The van der Waals surface area contributed by atoms with Crippen LogP contribution in [-0.4, -0.2) is 28.0 Å². The quantitative estimate of drug-likeness (QED) is 0.651. The zero-order valence-corrected chi connectivity index (χ0v) is 18.3. The van der Waals surface area contributed by atoms with E-state index in [0.29, 0.717) is 23.8 Å². The molecule has 1 aliphatic heterocycles. The first-order valence-corrected chi connectivity index (χ1v) is 11.3. The van der Waals surface area contributed by atoms with Crippen LogP contribution in [0.1, 0.15) is 69.9 Å². The normalized spacial score (nSPS) is 25.5. The number of hydrogen-bond donors (Lipinski definition) is 2. The molecule has 4 heteroatoms. The van der Waals surface area contributed by atoms with Crippen molar-refractivity contribution in [3.63, 3.8) is 0 Å². The van der Waals surface area contributed by atoms with Gasteiger partial charge in [0.2, 0.25) is 0 Å². The Morgan fingerprint density at radius 1 is 1.17 bits per heavy atom. The van der Waals surface area contributed by atoms with Crippen molar-refractivity contribution < 1.29 is 19.7 Å². The molecule has 0 unspecified atom stereocenters. The number of benzene rings is 2. The van der Waals surface area contributed by atoms with Crippen molar-refractivity contribution in [3.8, 4) is 17.2 Å². The fraction of sp³-hybridized carbons (Fsp3) is 0.538. The fourth-order valence-corrected chi connectivity index (χ4v) is 5.30. The van der Waals surface area contributed by atoms with Crippen LogP contribution in [0, 0.1) is 5.92 Å². The molecule has 4 nitrogen and oxygen atoms in total. The van der Waals surface area contributed by atoms with Crippen molar-refractivity contribution in [2.24, 2.45) is 5.92 Å². The van der Waals surface area contributed by atoms with Crippen LogP contribution >= 0.6 is 0 Å². The lowest BCUT2D eigenvalue weighted by Gasteiger charge is -2.48. The largest absolute Gasteiger partial charge is 0.507 e. The summed E-state index contributed by atoms with van der Waals surface area (Å²) in [6.45, 7) is 6.30. The number of fused-ring (bicyclic) bond motifs is 3. The van der Waals surface area contributed by atoms with Crippen LogP contribution in [0.25, 0.3) is 0 Å². The number of ether oxygens (including phenoxy) is 2. The number of rotatable bonds is 6. The smallest absolute Gasteiger partial charge is 0.131 e. The number of aliphatic hydroxyl groups is 1. The van der Waals surface area contributed by atoms with Gasteiger partial charge in [-0.15, -0.1) is 0 Å². The highest BCUT2D eigenvalue weighted by molar-refractivity contribution is 5.54. The molecule has 0 saturated heterocycles. The Labute approximate surface area is 179 Å². The molecule has 0 spiro atoms. The molecule has 2 aromatic carbocycles. The Morgan fingerprint density at radius 3 is 2.70 bits per heavy atom. The van der Waals surface area contributed by atoms with E-state index in [9.17, 15) is 10.2 Å². The van der Waals surface area contributed by atoms with E-state index < -0.39 is 0 Å². The van der Waals surface area contributed by atoms with E-state index in [1.165, 1.54) is 5.56 Å². The minimum atomic E-state index is -0.329. The van der Waals surface area contributed by atoms with Crippen LogP contribution in [0.5, 0.6) is 17.2 Å². The van der Waals surface area contributed by atoms with Crippen LogP contribution in [0.15, 0.2) is 42.5 Å². The molecular formula is C26H34O4. The predicted octanol–water partition coefficient (Wildman–Crippen LogP) is 5.60. The average molecular weight is 411 g/mol. The molecule has 0 aromatic heterocycles. The molecule has 2 aromatic rings. The van der Waals surface area contributed by atoms with Gasteiger partial charge in [-0.05, 0) is 64.9 Å². The predicted molar refractivity (Wildman–Crippen MR) is 118 cm³/mol. The van der Waals surface area contributed by atoms with Gasteiger partial charge in [0.25, 0.3) is 0 Å². The summed E-state index contributed by atoms with van der Waals surface area (Å²) in [4.78, 5) is 0. The standard InChI is InChI=1S/C26H34O4/c1-17(8-7-11-18-9-5-4-6-10-18)29-20-15-23(28)25-21-14-19(27)12-13-22(21)26(2,3)30-24(25)16-20/h4-6,9-10,15-17,19,21-22,27-28H,7-8,11-14H2,1-3H3/t17-,19-,21-,22-/m1/s1. The Balaban J connectivity index is 1.45. The van der Waals surface area contributed by atoms with Gasteiger partial charge in [-0.2, -0.15) is 0 Å². The van der Waals surface area contributed by atoms with E-state index in [-0.39, 0.29) is 29.5 Å². The molecule has 2 N–H and O–H groups in total. The second-order valence-electron chi connectivity index (χ2n) is 9.55. The number of aryl methyl sites for hydroxylation is 1. The molecular weight excluding hydrogens is 376 g/mol. The van der Waals surface area contributed by atoms with Crippen molar-refractivity contribution in [3.05, 3.63) is 53.6 Å². The molecule has 162 valence electrons. The van der Waals surface area contributed by atoms with Crippen molar-refractivity contribution >= 4 is 0 Å². The number of aliphatic hydroxyl groups excluding tert-OH is 1. The van der Waals surface area contributed by atoms with Gasteiger partial charge < -0.3 is 19.7 Å². The van der Waals surface area contributed by atoms with E-state index in [2.05, 4.69) is 45.0 Å². The van der Waals surface area contributed by atoms with Gasteiger partial charge in [0.1, 0.15) is 22.8 Å². The number of hydrogen-bond acceptors (Lipinski definition) is 4.